The van der Waals surface area contributed by atoms with Gasteiger partial charge in [-0.05, 0) is 61.7 Å². The van der Waals surface area contributed by atoms with E-state index in [0.717, 1.165) is 25.6 Å². The maximum absolute atomic E-state index is 12.0. The van der Waals surface area contributed by atoms with E-state index in [2.05, 4.69) is 17.1 Å². The Balaban J connectivity index is 1.44. The normalized spacial score (nSPS) is 15.2. The first kappa shape index (κ1) is 19.8. The van der Waals surface area contributed by atoms with Crippen molar-refractivity contribution in [2.45, 2.75) is 26.3 Å². The summed E-state index contributed by atoms with van der Waals surface area (Å²) in [5.74, 6) is 0.949. The summed E-state index contributed by atoms with van der Waals surface area (Å²) in [7, 11) is 0. The minimum absolute atomic E-state index is 0.0176. The highest BCUT2D eigenvalue weighted by molar-refractivity contribution is 5.91. The maximum atomic E-state index is 12.0. The van der Waals surface area contributed by atoms with Gasteiger partial charge in [-0.25, -0.2) is 0 Å². The lowest BCUT2D eigenvalue weighted by Crippen LogP contribution is -2.32. The highest BCUT2D eigenvalue weighted by atomic mass is 16.6. The molecule has 3 rings (SSSR count). The Morgan fingerprint density at radius 3 is 2.39 bits per heavy atom. The monoisotopic (exact) mass is 383 g/mol. The summed E-state index contributed by atoms with van der Waals surface area (Å²) in [5, 5.41) is 13.4. The molecule has 2 aromatic rings. The highest BCUT2D eigenvalue weighted by Gasteiger charge is 2.15. The molecule has 1 saturated heterocycles. The molecule has 1 heterocycles. The van der Waals surface area contributed by atoms with Crippen molar-refractivity contribution >= 4 is 17.3 Å². The van der Waals surface area contributed by atoms with Gasteiger partial charge in [0.15, 0.2) is 6.61 Å². The van der Waals surface area contributed by atoms with Crippen molar-refractivity contribution in [1.29, 1.82) is 0 Å². The molecule has 1 aliphatic rings. The van der Waals surface area contributed by atoms with E-state index in [1.807, 2.05) is 24.3 Å². The van der Waals surface area contributed by atoms with Crippen LogP contribution >= 0.6 is 0 Å². The highest BCUT2D eigenvalue weighted by Crippen LogP contribution is 2.19. The number of nitro groups is 1. The van der Waals surface area contributed by atoms with Crippen LogP contribution in [0.3, 0.4) is 0 Å². The second-order valence-electron chi connectivity index (χ2n) is 7.24. The molecular weight excluding hydrogens is 358 g/mol. The number of hydrogen-bond acceptors (Lipinski definition) is 5. The molecule has 0 saturated carbocycles. The number of ether oxygens (including phenoxy) is 1. The Bertz CT molecular complexity index is 797. The van der Waals surface area contributed by atoms with Crippen molar-refractivity contribution in [3.63, 3.8) is 0 Å². The Labute approximate surface area is 164 Å². The number of rotatable bonds is 7. The molecule has 0 bridgehead atoms. The van der Waals surface area contributed by atoms with Crippen LogP contribution in [0.5, 0.6) is 5.75 Å². The van der Waals surface area contributed by atoms with Crippen LogP contribution in [-0.4, -0.2) is 35.4 Å². The third-order valence-electron chi connectivity index (χ3n) is 4.94. The van der Waals surface area contributed by atoms with E-state index in [1.165, 1.54) is 42.7 Å². The molecule has 0 spiro atoms. The third kappa shape index (κ3) is 5.79. The zero-order valence-electron chi connectivity index (χ0n) is 16.0. The second-order valence-corrected chi connectivity index (χ2v) is 7.24. The van der Waals surface area contributed by atoms with Crippen LogP contribution in [-0.2, 0) is 11.3 Å². The molecule has 148 valence electrons. The summed E-state index contributed by atoms with van der Waals surface area (Å²) in [6.45, 7) is 5.36. The number of anilines is 1. The third-order valence-corrected chi connectivity index (χ3v) is 4.94. The van der Waals surface area contributed by atoms with Gasteiger partial charge in [-0.3, -0.25) is 19.8 Å². The number of hydrogen-bond donors (Lipinski definition) is 1. The van der Waals surface area contributed by atoms with Crippen molar-refractivity contribution in [2.75, 3.05) is 25.0 Å². The number of piperidine rings is 1. The molecule has 2 aromatic carbocycles. The molecular formula is C21H25N3O4. The number of carbonyl (C=O) groups is 1. The first-order valence-electron chi connectivity index (χ1n) is 9.48. The number of benzene rings is 2. The van der Waals surface area contributed by atoms with Crippen LogP contribution in [0.2, 0.25) is 0 Å². The fourth-order valence-corrected chi connectivity index (χ4v) is 3.18. The first-order chi connectivity index (χ1) is 13.5. The SMILES string of the molecule is CC1CCN(Cc2ccc(NC(=O)COc3ccc([N+](=O)[O-])cc3)cc2)CC1. The maximum Gasteiger partial charge on any atom is 0.269 e. The van der Waals surface area contributed by atoms with Gasteiger partial charge >= 0.3 is 0 Å². The quantitative estimate of drug-likeness (QED) is 0.580. The number of carbonyl (C=O) groups excluding carboxylic acids is 1. The molecule has 28 heavy (non-hydrogen) atoms. The van der Waals surface area contributed by atoms with E-state index < -0.39 is 4.92 Å². The van der Waals surface area contributed by atoms with Gasteiger partial charge in [-0.1, -0.05) is 19.1 Å². The van der Waals surface area contributed by atoms with Crippen molar-refractivity contribution in [1.82, 2.24) is 4.90 Å². The lowest BCUT2D eigenvalue weighted by atomic mass is 9.99. The van der Waals surface area contributed by atoms with E-state index in [-0.39, 0.29) is 18.2 Å². The molecule has 0 aromatic heterocycles. The number of non-ortho nitro benzene ring substituents is 1. The Kier molecular flexibility index (Phi) is 6.60. The zero-order chi connectivity index (χ0) is 19.9. The molecule has 1 amide bonds. The number of amides is 1. The van der Waals surface area contributed by atoms with Gasteiger partial charge in [0.2, 0.25) is 0 Å². The predicted octanol–water partition coefficient (Wildman–Crippen LogP) is 3.84. The Morgan fingerprint density at radius 1 is 1.14 bits per heavy atom. The molecule has 1 N–H and O–H groups in total. The van der Waals surface area contributed by atoms with E-state index >= 15 is 0 Å². The molecule has 7 nitrogen and oxygen atoms in total. The average molecular weight is 383 g/mol. The van der Waals surface area contributed by atoms with Crippen LogP contribution in [0.1, 0.15) is 25.3 Å². The largest absolute Gasteiger partial charge is 0.484 e. The number of nitrogens with one attached hydrogen (secondary N) is 1. The number of nitro benzene ring substituents is 1. The Hall–Kier alpha value is -2.93. The number of nitrogens with zero attached hydrogens (tertiary/aromatic N) is 2. The number of likely N-dealkylation sites (tertiary alicyclic amines) is 1. The van der Waals surface area contributed by atoms with Crippen LogP contribution in [0.15, 0.2) is 48.5 Å². The predicted molar refractivity (Wildman–Crippen MR) is 107 cm³/mol. The van der Waals surface area contributed by atoms with Crippen molar-refractivity contribution < 1.29 is 14.5 Å². The van der Waals surface area contributed by atoms with Crippen LogP contribution in [0, 0.1) is 16.0 Å². The summed E-state index contributed by atoms with van der Waals surface area (Å²) in [6.07, 6.45) is 2.51. The molecule has 0 atom stereocenters. The van der Waals surface area contributed by atoms with Gasteiger partial charge < -0.3 is 10.1 Å². The van der Waals surface area contributed by atoms with Crippen molar-refractivity contribution in [3.8, 4) is 5.75 Å². The van der Waals surface area contributed by atoms with Crippen molar-refractivity contribution in [2.24, 2.45) is 5.92 Å². The fraction of sp³-hybridized carbons (Fsp3) is 0.381. The van der Waals surface area contributed by atoms with E-state index in [4.69, 9.17) is 4.74 Å². The molecule has 1 fully saturated rings. The van der Waals surface area contributed by atoms with Gasteiger partial charge in [0.25, 0.3) is 11.6 Å². The van der Waals surface area contributed by atoms with Crippen LogP contribution in [0.4, 0.5) is 11.4 Å². The summed E-state index contributed by atoms with van der Waals surface area (Å²) in [6, 6.07) is 13.5. The van der Waals surface area contributed by atoms with Crippen molar-refractivity contribution in [3.05, 3.63) is 64.2 Å². The summed E-state index contributed by atoms with van der Waals surface area (Å²) >= 11 is 0. The van der Waals surface area contributed by atoms with Gasteiger partial charge in [-0.2, -0.15) is 0 Å². The average Bonchev–Trinajstić information content (AvgIpc) is 2.70. The fourth-order valence-electron chi connectivity index (χ4n) is 3.18. The summed E-state index contributed by atoms with van der Waals surface area (Å²) in [5.41, 5.74) is 1.93. The van der Waals surface area contributed by atoms with Crippen LogP contribution < -0.4 is 10.1 Å². The standard InChI is InChI=1S/C21H25N3O4/c1-16-10-12-23(13-11-16)14-17-2-4-18(5-3-17)22-21(25)15-28-20-8-6-19(7-9-20)24(26)27/h2-9,16H,10-15H2,1H3,(H,22,25). The topological polar surface area (TPSA) is 84.7 Å². The molecule has 0 unspecified atom stereocenters. The molecule has 1 aliphatic heterocycles. The molecule has 0 aliphatic carbocycles. The smallest absolute Gasteiger partial charge is 0.269 e. The van der Waals surface area contributed by atoms with Crippen LogP contribution in [0.25, 0.3) is 0 Å². The zero-order valence-corrected chi connectivity index (χ0v) is 16.0. The van der Waals surface area contributed by atoms with Gasteiger partial charge in [0, 0.05) is 24.4 Å². The molecule has 7 heteroatoms. The second kappa shape index (κ2) is 9.32. The van der Waals surface area contributed by atoms with E-state index in [1.54, 1.807) is 0 Å². The Morgan fingerprint density at radius 2 is 1.79 bits per heavy atom. The summed E-state index contributed by atoms with van der Waals surface area (Å²) in [4.78, 5) is 24.7. The lowest BCUT2D eigenvalue weighted by Gasteiger charge is -2.30. The van der Waals surface area contributed by atoms with E-state index in [0.29, 0.717) is 11.4 Å². The minimum Gasteiger partial charge on any atom is -0.484 e. The van der Waals surface area contributed by atoms with Gasteiger partial charge in [0.05, 0.1) is 4.92 Å². The lowest BCUT2D eigenvalue weighted by molar-refractivity contribution is -0.384. The minimum atomic E-state index is -0.480. The van der Waals surface area contributed by atoms with Gasteiger partial charge in [0.1, 0.15) is 5.75 Å². The van der Waals surface area contributed by atoms with Gasteiger partial charge in [-0.15, -0.1) is 0 Å². The van der Waals surface area contributed by atoms with E-state index in [9.17, 15) is 14.9 Å². The first-order valence-corrected chi connectivity index (χ1v) is 9.48. The summed E-state index contributed by atoms with van der Waals surface area (Å²) < 4.78 is 5.37. The molecule has 0 radical (unpaired) electrons.